The van der Waals surface area contributed by atoms with Crippen LogP contribution >= 0.6 is 0 Å². The molecule has 0 saturated heterocycles. The minimum Gasteiger partial charge on any atom is -0.381 e. The second-order valence-corrected chi connectivity index (χ2v) is 4.92. The molecule has 2 rings (SSSR count). The van der Waals surface area contributed by atoms with Crippen molar-refractivity contribution in [2.75, 3.05) is 5.32 Å². The summed E-state index contributed by atoms with van der Waals surface area (Å²) in [6.45, 7) is 7.62. The number of nitrogens with zero attached hydrogens (tertiary/aromatic N) is 2. The molecule has 0 atom stereocenters. The first kappa shape index (κ1) is 15.0. The SMILES string of the molecule is CCn1c(C)cc(CNc2ccc(F)c([N+](=O)[O-])c2)c1C. The average Bonchev–Trinajstić information content (AvgIpc) is 2.71. The molecule has 0 amide bonds. The Bertz CT molecular complexity index is 680. The standard InChI is InChI=1S/C15H18FN3O2/c1-4-18-10(2)7-12(11(18)3)9-17-13-5-6-14(16)15(8-13)19(20)21/h5-8,17H,4,9H2,1-3H3. The van der Waals surface area contributed by atoms with Gasteiger partial charge in [-0.1, -0.05) is 0 Å². The molecule has 112 valence electrons. The maximum atomic E-state index is 13.3. The van der Waals surface area contributed by atoms with E-state index in [9.17, 15) is 14.5 Å². The Labute approximate surface area is 122 Å². The first-order valence-electron chi connectivity index (χ1n) is 6.77. The van der Waals surface area contributed by atoms with Crippen molar-refractivity contribution in [1.82, 2.24) is 4.57 Å². The van der Waals surface area contributed by atoms with E-state index in [-0.39, 0.29) is 0 Å². The first-order valence-corrected chi connectivity index (χ1v) is 6.77. The lowest BCUT2D eigenvalue weighted by atomic mass is 10.2. The number of aryl methyl sites for hydroxylation is 1. The minimum absolute atomic E-state index is 0.515. The van der Waals surface area contributed by atoms with Crippen LogP contribution in [0.2, 0.25) is 0 Å². The van der Waals surface area contributed by atoms with E-state index in [2.05, 4.69) is 22.9 Å². The molecule has 0 aliphatic heterocycles. The van der Waals surface area contributed by atoms with E-state index in [1.165, 1.54) is 23.5 Å². The van der Waals surface area contributed by atoms with Crippen molar-refractivity contribution in [1.29, 1.82) is 0 Å². The Hall–Kier alpha value is -2.37. The summed E-state index contributed by atoms with van der Waals surface area (Å²) in [7, 11) is 0. The molecule has 6 heteroatoms. The fourth-order valence-corrected chi connectivity index (χ4v) is 2.50. The molecule has 0 bridgehead atoms. The largest absolute Gasteiger partial charge is 0.381 e. The van der Waals surface area contributed by atoms with Crippen LogP contribution in [0.25, 0.3) is 0 Å². The van der Waals surface area contributed by atoms with Gasteiger partial charge >= 0.3 is 5.69 Å². The maximum absolute atomic E-state index is 13.3. The molecular weight excluding hydrogens is 273 g/mol. The molecule has 1 N–H and O–H groups in total. The highest BCUT2D eigenvalue weighted by molar-refractivity contribution is 5.52. The second-order valence-electron chi connectivity index (χ2n) is 4.92. The van der Waals surface area contributed by atoms with Crippen molar-refractivity contribution in [3.05, 3.63) is 57.1 Å². The molecule has 21 heavy (non-hydrogen) atoms. The number of nitrogens with one attached hydrogen (secondary N) is 1. The van der Waals surface area contributed by atoms with Gasteiger partial charge < -0.3 is 9.88 Å². The summed E-state index contributed by atoms with van der Waals surface area (Å²) >= 11 is 0. The van der Waals surface area contributed by atoms with Gasteiger partial charge in [0.05, 0.1) is 4.92 Å². The number of benzene rings is 1. The molecule has 0 radical (unpaired) electrons. The summed E-state index contributed by atoms with van der Waals surface area (Å²) in [6, 6.07) is 5.91. The zero-order valence-electron chi connectivity index (χ0n) is 12.3. The predicted molar refractivity (Wildman–Crippen MR) is 80.0 cm³/mol. The number of hydrogen-bond acceptors (Lipinski definition) is 3. The lowest BCUT2D eigenvalue weighted by Crippen LogP contribution is -2.03. The quantitative estimate of drug-likeness (QED) is 0.673. The summed E-state index contributed by atoms with van der Waals surface area (Å²) in [5, 5.41) is 13.8. The summed E-state index contributed by atoms with van der Waals surface area (Å²) in [5.74, 6) is -0.824. The van der Waals surface area contributed by atoms with Crippen molar-refractivity contribution in [3.8, 4) is 0 Å². The molecule has 2 aromatic rings. The van der Waals surface area contributed by atoms with E-state index in [0.717, 1.165) is 18.2 Å². The van der Waals surface area contributed by atoms with Gasteiger partial charge in [0, 0.05) is 36.2 Å². The fourth-order valence-electron chi connectivity index (χ4n) is 2.50. The molecule has 0 spiro atoms. The number of anilines is 1. The van der Waals surface area contributed by atoms with Crippen molar-refractivity contribution in [2.45, 2.75) is 33.9 Å². The molecule has 0 unspecified atom stereocenters. The molecule has 0 aliphatic rings. The minimum atomic E-state index is -0.824. The van der Waals surface area contributed by atoms with Gasteiger partial charge in [-0.2, -0.15) is 4.39 Å². The lowest BCUT2D eigenvalue weighted by Gasteiger charge is -2.08. The lowest BCUT2D eigenvalue weighted by molar-refractivity contribution is -0.387. The highest BCUT2D eigenvalue weighted by Crippen LogP contribution is 2.23. The summed E-state index contributed by atoms with van der Waals surface area (Å²) in [6.07, 6.45) is 0. The summed E-state index contributed by atoms with van der Waals surface area (Å²) in [4.78, 5) is 10.0. The van der Waals surface area contributed by atoms with Gasteiger partial charge in [0.1, 0.15) is 0 Å². The number of nitro benzene ring substituents is 1. The van der Waals surface area contributed by atoms with E-state index in [4.69, 9.17) is 0 Å². The van der Waals surface area contributed by atoms with E-state index in [0.29, 0.717) is 12.2 Å². The molecule has 0 saturated carbocycles. The molecule has 1 heterocycles. The molecule has 5 nitrogen and oxygen atoms in total. The Balaban J connectivity index is 2.17. The van der Waals surface area contributed by atoms with Gasteiger partial charge in [-0.05, 0) is 44.5 Å². The zero-order valence-corrected chi connectivity index (χ0v) is 12.3. The third-order valence-corrected chi connectivity index (χ3v) is 3.62. The van der Waals surface area contributed by atoms with E-state index in [1.54, 1.807) is 0 Å². The highest BCUT2D eigenvalue weighted by atomic mass is 19.1. The predicted octanol–water partition coefficient (Wildman–Crippen LogP) is 3.78. The van der Waals surface area contributed by atoms with Crippen molar-refractivity contribution in [3.63, 3.8) is 0 Å². The van der Waals surface area contributed by atoms with Gasteiger partial charge in [0.25, 0.3) is 0 Å². The fraction of sp³-hybridized carbons (Fsp3) is 0.333. The van der Waals surface area contributed by atoms with Crippen LogP contribution in [0.3, 0.4) is 0 Å². The summed E-state index contributed by atoms with van der Waals surface area (Å²) in [5.41, 5.74) is 3.49. The number of aromatic nitrogens is 1. The van der Waals surface area contributed by atoms with E-state index >= 15 is 0 Å². The smallest absolute Gasteiger partial charge is 0.306 e. The van der Waals surface area contributed by atoms with Crippen molar-refractivity contribution < 1.29 is 9.31 Å². The van der Waals surface area contributed by atoms with Crippen LogP contribution in [-0.2, 0) is 13.1 Å². The van der Waals surface area contributed by atoms with Crippen molar-refractivity contribution >= 4 is 11.4 Å². The summed E-state index contributed by atoms with van der Waals surface area (Å²) < 4.78 is 15.5. The third kappa shape index (κ3) is 3.04. The van der Waals surface area contributed by atoms with Gasteiger partial charge in [0.2, 0.25) is 5.82 Å². The number of rotatable bonds is 5. The Morgan fingerprint density at radius 3 is 2.62 bits per heavy atom. The van der Waals surface area contributed by atoms with Crippen LogP contribution in [0, 0.1) is 29.8 Å². The zero-order chi connectivity index (χ0) is 15.6. The normalized spacial score (nSPS) is 10.7. The second kappa shape index (κ2) is 5.95. The molecule has 1 aromatic carbocycles. The Morgan fingerprint density at radius 1 is 1.33 bits per heavy atom. The highest BCUT2D eigenvalue weighted by Gasteiger charge is 2.14. The number of halogens is 1. The van der Waals surface area contributed by atoms with Crippen LogP contribution in [0.4, 0.5) is 15.8 Å². The van der Waals surface area contributed by atoms with Crippen molar-refractivity contribution in [2.24, 2.45) is 0 Å². The van der Waals surface area contributed by atoms with Crippen LogP contribution in [0.5, 0.6) is 0 Å². The average molecular weight is 291 g/mol. The topological polar surface area (TPSA) is 60.1 Å². The van der Waals surface area contributed by atoms with E-state index < -0.39 is 16.4 Å². The monoisotopic (exact) mass is 291 g/mol. The van der Waals surface area contributed by atoms with Crippen LogP contribution < -0.4 is 5.32 Å². The van der Waals surface area contributed by atoms with Gasteiger partial charge in [-0.25, -0.2) is 0 Å². The maximum Gasteiger partial charge on any atom is 0.306 e. The van der Waals surface area contributed by atoms with Crippen LogP contribution in [-0.4, -0.2) is 9.49 Å². The van der Waals surface area contributed by atoms with E-state index in [1.807, 2.05) is 13.8 Å². The number of nitro groups is 1. The molecular formula is C15H18FN3O2. The van der Waals surface area contributed by atoms with Gasteiger partial charge in [-0.15, -0.1) is 0 Å². The Morgan fingerprint density at radius 2 is 2.05 bits per heavy atom. The third-order valence-electron chi connectivity index (χ3n) is 3.62. The van der Waals surface area contributed by atoms with Gasteiger partial charge in [0.15, 0.2) is 0 Å². The molecule has 0 aliphatic carbocycles. The van der Waals surface area contributed by atoms with Crippen LogP contribution in [0.15, 0.2) is 24.3 Å². The number of hydrogen-bond donors (Lipinski definition) is 1. The molecule has 1 aromatic heterocycles. The molecule has 0 fully saturated rings. The van der Waals surface area contributed by atoms with Crippen LogP contribution in [0.1, 0.15) is 23.9 Å². The Kier molecular flexibility index (Phi) is 4.26. The first-order chi connectivity index (χ1) is 9.93. The van der Waals surface area contributed by atoms with Gasteiger partial charge in [-0.3, -0.25) is 10.1 Å².